The van der Waals surface area contributed by atoms with Crippen LogP contribution in [0.5, 0.6) is 5.75 Å². The van der Waals surface area contributed by atoms with E-state index in [1.54, 1.807) is 7.11 Å². The average Bonchev–Trinajstić information content (AvgIpc) is 2.36. The van der Waals surface area contributed by atoms with Crippen LogP contribution in [-0.2, 0) is 19.6 Å². The van der Waals surface area contributed by atoms with Crippen LogP contribution < -0.4 is 10.1 Å². The van der Waals surface area contributed by atoms with Gasteiger partial charge in [-0.25, -0.2) is 0 Å². The van der Waals surface area contributed by atoms with Gasteiger partial charge in [0.1, 0.15) is 5.75 Å². The van der Waals surface area contributed by atoms with E-state index in [0.717, 1.165) is 30.7 Å². The standard InChI is InChI=1S/C13H19NO2/c1-3-12-5-9-4-11(8-15)13(16-2)6-10(9)7-14-12/h4,6,12,14-15H,3,5,7-8H2,1-2H3. The highest BCUT2D eigenvalue weighted by Gasteiger charge is 2.18. The maximum Gasteiger partial charge on any atom is 0.124 e. The first-order valence-corrected chi connectivity index (χ1v) is 5.81. The SMILES string of the molecule is CCC1Cc2cc(CO)c(OC)cc2CN1. The van der Waals surface area contributed by atoms with E-state index in [2.05, 4.69) is 18.3 Å². The monoisotopic (exact) mass is 221 g/mol. The lowest BCUT2D eigenvalue weighted by molar-refractivity contribution is 0.273. The quantitative estimate of drug-likeness (QED) is 0.815. The second kappa shape index (κ2) is 4.85. The van der Waals surface area contributed by atoms with Crippen LogP contribution >= 0.6 is 0 Å². The van der Waals surface area contributed by atoms with Crippen LogP contribution in [0.15, 0.2) is 12.1 Å². The zero-order valence-electron chi connectivity index (χ0n) is 9.92. The highest BCUT2D eigenvalue weighted by atomic mass is 16.5. The molecule has 16 heavy (non-hydrogen) atoms. The fourth-order valence-electron chi connectivity index (χ4n) is 2.27. The van der Waals surface area contributed by atoms with Crippen LogP contribution in [-0.4, -0.2) is 18.3 Å². The van der Waals surface area contributed by atoms with Crippen LogP contribution in [0.4, 0.5) is 0 Å². The molecule has 3 heteroatoms. The lowest BCUT2D eigenvalue weighted by Crippen LogP contribution is -2.34. The molecular weight excluding hydrogens is 202 g/mol. The van der Waals surface area contributed by atoms with E-state index in [1.807, 2.05) is 6.07 Å². The summed E-state index contributed by atoms with van der Waals surface area (Å²) < 4.78 is 5.27. The van der Waals surface area contributed by atoms with Crippen molar-refractivity contribution >= 4 is 0 Å². The van der Waals surface area contributed by atoms with Gasteiger partial charge >= 0.3 is 0 Å². The van der Waals surface area contributed by atoms with Crippen LogP contribution in [0.1, 0.15) is 30.0 Å². The normalized spacial score (nSPS) is 19.3. The fourth-order valence-corrected chi connectivity index (χ4v) is 2.27. The number of benzene rings is 1. The molecule has 0 bridgehead atoms. The number of rotatable bonds is 3. The Balaban J connectivity index is 2.34. The summed E-state index contributed by atoms with van der Waals surface area (Å²) in [5.41, 5.74) is 3.52. The van der Waals surface area contributed by atoms with E-state index >= 15 is 0 Å². The minimum atomic E-state index is 0.0423. The molecule has 1 atom stereocenters. The van der Waals surface area contributed by atoms with Gasteiger partial charge in [-0.15, -0.1) is 0 Å². The van der Waals surface area contributed by atoms with Gasteiger partial charge in [0.25, 0.3) is 0 Å². The molecule has 0 saturated heterocycles. The van der Waals surface area contributed by atoms with Crippen LogP contribution in [0.3, 0.4) is 0 Å². The average molecular weight is 221 g/mol. The highest BCUT2D eigenvalue weighted by Crippen LogP contribution is 2.27. The lowest BCUT2D eigenvalue weighted by atomic mass is 9.92. The molecule has 1 aromatic carbocycles. The van der Waals surface area contributed by atoms with Gasteiger partial charge in [-0.2, -0.15) is 0 Å². The highest BCUT2D eigenvalue weighted by molar-refractivity contribution is 5.43. The number of ether oxygens (including phenoxy) is 1. The van der Waals surface area contributed by atoms with E-state index in [4.69, 9.17) is 4.74 Å². The molecule has 0 spiro atoms. The van der Waals surface area contributed by atoms with Crippen molar-refractivity contribution in [1.82, 2.24) is 5.32 Å². The van der Waals surface area contributed by atoms with Crippen molar-refractivity contribution < 1.29 is 9.84 Å². The number of nitrogens with one attached hydrogen (secondary N) is 1. The third-order valence-electron chi connectivity index (χ3n) is 3.31. The molecule has 0 aliphatic carbocycles. The molecule has 1 aliphatic rings. The Hall–Kier alpha value is -1.06. The second-order valence-electron chi connectivity index (χ2n) is 4.28. The van der Waals surface area contributed by atoms with Crippen molar-refractivity contribution in [1.29, 1.82) is 0 Å². The fraction of sp³-hybridized carbons (Fsp3) is 0.538. The Labute approximate surface area is 96.4 Å². The molecule has 0 fully saturated rings. The summed E-state index contributed by atoms with van der Waals surface area (Å²) in [6.45, 7) is 3.13. The van der Waals surface area contributed by atoms with Gasteiger partial charge in [0, 0.05) is 18.2 Å². The molecule has 2 rings (SSSR count). The molecule has 3 nitrogen and oxygen atoms in total. The van der Waals surface area contributed by atoms with Gasteiger partial charge in [-0.1, -0.05) is 6.92 Å². The van der Waals surface area contributed by atoms with Crippen molar-refractivity contribution in [2.45, 2.75) is 39.0 Å². The first-order chi connectivity index (χ1) is 7.78. The van der Waals surface area contributed by atoms with Crippen molar-refractivity contribution in [3.8, 4) is 5.75 Å². The van der Waals surface area contributed by atoms with E-state index in [9.17, 15) is 5.11 Å². The summed E-state index contributed by atoms with van der Waals surface area (Å²) in [6.07, 6.45) is 2.18. The third kappa shape index (κ3) is 2.06. The number of aliphatic hydroxyl groups excluding tert-OH is 1. The molecule has 0 saturated carbocycles. The summed E-state index contributed by atoms with van der Waals surface area (Å²) in [7, 11) is 1.64. The van der Waals surface area contributed by atoms with Crippen LogP contribution in [0, 0.1) is 0 Å². The largest absolute Gasteiger partial charge is 0.496 e. The molecule has 2 N–H and O–H groups in total. The van der Waals surface area contributed by atoms with Crippen LogP contribution in [0.25, 0.3) is 0 Å². The van der Waals surface area contributed by atoms with E-state index in [-0.39, 0.29) is 6.61 Å². The minimum absolute atomic E-state index is 0.0423. The molecule has 1 aliphatic heterocycles. The zero-order valence-corrected chi connectivity index (χ0v) is 9.92. The van der Waals surface area contributed by atoms with Crippen molar-refractivity contribution in [2.24, 2.45) is 0 Å². The first-order valence-electron chi connectivity index (χ1n) is 5.81. The van der Waals surface area contributed by atoms with Crippen molar-refractivity contribution in [3.05, 3.63) is 28.8 Å². The Morgan fingerprint density at radius 2 is 2.25 bits per heavy atom. The second-order valence-corrected chi connectivity index (χ2v) is 4.28. The Morgan fingerprint density at radius 3 is 2.88 bits per heavy atom. The number of methoxy groups -OCH3 is 1. The van der Waals surface area contributed by atoms with Crippen LogP contribution in [0.2, 0.25) is 0 Å². The van der Waals surface area contributed by atoms with Gasteiger partial charge < -0.3 is 15.2 Å². The van der Waals surface area contributed by atoms with Crippen molar-refractivity contribution in [2.75, 3.05) is 7.11 Å². The van der Waals surface area contributed by atoms with Gasteiger partial charge in [0.15, 0.2) is 0 Å². The summed E-state index contributed by atoms with van der Waals surface area (Å²) in [4.78, 5) is 0. The molecule has 88 valence electrons. The number of aliphatic hydroxyl groups is 1. The molecule has 1 unspecified atom stereocenters. The molecule has 0 radical (unpaired) electrons. The number of hydrogen-bond donors (Lipinski definition) is 2. The molecule has 1 aromatic rings. The van der Waals surface area contributed by atoms with E-state index < -0.39 is 0 Å². The van der Waals surface area contributed by atoms with Crippen molar-refractivity contribution in [3.63, 3.8) is 0 Å². The minimum Gasteiger partial charge on any atom is -0.496 e. The molecular formula is C13H19NO2. The predicted molar refractivity (Wildman–Crippen MR) is 63.5 cm³/mol. The van der Waals surface area contributed by atoms with Gasteiger partial charge in [-0.3, -0.25) is 0 Å². The Kier molecular flexibility index (Phi) is 3.46. The molecule has 0 aromatic heterocycles. The Morgan fingerprint density at radius 1 is 1.44 bits per heavy atom. The third-order valence-corrected chi connectivity index (χ3v) is 3.31. The van der Waals surface area contributed by atoms with Gasteiger partial charge in [0.2, 0.25) is 0 Å². The maximum absolute atomic E-state index is 9.28. The van der Waals surface area contributed by atoms with Gasteiger partial charge in [-0.05, 0) is 36.1 Å². The molecule has 0 amide bonds. The number of fused-ring (bicyclic) bond motifs is 1. The smallest absolute Gasteiger partial charge is 0.124 e. The summed E-state index contributed by atoms with van der Waals surface area (Å²) in [5, 5.41) is 12.8. The summed E-state index contributed by atoms with van der Waals surface area (Å²) in [6, 6.07) is 4.68. The predicted octanol–water partition coefficient (Wildman–Crippen LogP) is 1.61. The summed E-state index contributed by atoms with van der Waals surface area (Å²) in [5.74, 6) is 0.790. The first kappa shape index (κ1) is 11.4. The van der Waals surface area contributed by atoms with Gasteiger partial charge in [0.05, 0.1) is 13.7 Å². The van der Waals surface area contributed by atoms with E-state index in [0.29, 0.717) is 6.04 Å². The Bertz CT molecular complexity index is 376. The summed E-state index contributed by atoms with van der Waals surface area (Å²) >= 11 is 0. The molecule has 1 heterocycles. The topological polar surface area (TPSA) is 41.5 Å². The number of hydrogen-bond acceptors (Lipinski definition) is 3. The lowest BCUT2D eigenvalue weighted by Gasteiger charge is -2.26. The zero-order chi connectivity index (χ0) is 11.5. The van der Waals surface area contributed by atoms with E-state index in [1.165, 1.54) is 11.1 Å². The maximum atomic E-state index is 9.28.